The van der Waals surface area contributed by atoms with Gasteiger partial charge in [0.05, 0.1) is 20.7 Å². The minimum atomic E-state index is -0.614. The van der Waals surface area contributed by atoms with Crippen molar-refractivity contribution in [3.63, 3.8) is 0 Å². The van der Waals surface area contributed by atoms with Crippen molar-refractivity contribution in [2.75, 3.05) is 12.3 Å². The molecule has 2 rings (SSSR count). The van der Waals surface area contributed by atoms with Crippen molar-refractivity contribution in [3.8, 4) is 0 Å². The van der Waals surface area contributed by atoms with E-state index in [0.717, 1.165) is 11.1 Å². The van der Waals surface area contributed by atoms with E-state index in [4.69, 9.17) is 23.2 Å². The molecule has 32 heavy (non-hydrogen) atoms. The predicted molar refractivity (Wildman–Crippen MR) is 129 cm³/mol. The van der Waals surface area contributed by atoms with Crippen LogP contribution in [0.3, 0.4) is 0 Å². The minimum Gasteiger partial charge on any atom is -0.355 e. The second kappa shape index (κ2) is 12.7. The number of non-ortho nitro benzene ring substituents is 1. The Balaban J connectivity index is 2.11. The van der Waals surface area contributed by atoms with E-state index in [1.165, 1.54) is 23.9 Å². The smallest absolute Gasteiger partial charge is 0.269 e. The normalized spacial score (nSPS) is 11.6. The van der Waals surface area contributed by atoms with E-state index in [-0.39, 0.29) is 29.8 Å². The van der Waals surface area contributed by atoms with Crippen molar-refractivity contribution in [1.29, 1.82) is 0 Å². The molecule has 172 valence electrons. The van der Waals surface area contributed by atoms with Gasteiger partial charge in [-0.1, -0.05) is 48.3 Å². The standard InChI is InChI=1S/C22H25Cl2N3O4S/c1-3-20(22(29)25-4-2)26(12-16-7-10-18(23)19(24)11-16)21(28)14-32-13-15-5-8-17(9-6-15)27(30)31/h5-11,20H,3-4,12-14H2,1-2H3,(H,25,29)/t20-/m0/s1. The van der Waals surface area contributed by atoms with Crippen molar-refractivity contribution in [2.24, 2.45) is 0 Å². The first-order valence-corrected chi connectivity index (χ1v) is 12.0. The molecule has 0 bridgehead atoms. The summed E-state index contributed by atoms with van der Waals surface area (Å²) in [6.45, 7) is 4.39. The number of rotatable bonds is 11. The number of nitrogens with one attached hydrogen (secondary N) is 1. The van der Waals surface area contributed by atoms with Crippen molar-refractivity contribution in [3.05, 3.63) is 73.8 Å². The molecule has 0 radical (unpaired) electrons. The van der Waals surface area contributed by atoms with Gasteiger partial charge in [-0.25, -0.2) is 0 Å². The molecule has 2 amide bonds. The highest BCUT2D eigenvalue weighted by Crippen LogP contribution is 2.25. The van der Waals surface area contributed by atoms with Gasteiger partial charge >= 0.3 is 0 Å². The predicted octanol–water partition coefficient (Wildman–Crippen LogP) is 5.08. The molecule has 0 saturated carbocycles. The highest BCUT2D eigenvalue weighted by Gasteiger charge is 2.28. The topological polar surface area (TPSA) is 92.6 Å². The zero-order chi connectivity index (χ0) is 23.7. The number of likely N-dealkylation sites (N-methyl/N-ethyl adjacent to an activating group) is 1. The SMILES string of the molecule is CCNC(=O)[C@H](CC)N(Cc1ccc(Cl)c(Cl)c1)C(=O)CSCc1ccc([N+](=O)[O-])cc1. The summed E-state index contributed by atoms with van der Waals surface area (Å²) >= 11 is 13.5. The fraction of sp³-hybridized carbons (Fsp3) is 0.364. The summed E-state index contributed by atoms with van der Waals surface area (Å²) in [4.78, 5) is 37.6. The average Bonchev–Trinajstić information content (AvgIpc) is 2.76. The van der Waals surface area contributed by atoms with Crippen LogP contribution >= 0.6 is 35.0 Å². The average molecular weight is 498 g/mol. The van der Waals surface area contributed by atoms with Gasteiger partial charge in [0.1, 0.15) is 6.04 Å². The number of thioether (sulfide) groups is 1. The molecule has 0 aliphatic heterocycles. The van der Waals surface area contributed by atoms with E-state index in [1.807, 2.05) is 13.8 Å². The molecule has 0 aliphatic rings. The number of benzene rings is 2. The fourth-order valence-electron chi connectivity index (χ4n) is 3.10. The molecule has 0 saturated heterocycles. The number of hydrogen-bond acceptors (Lipinski definition) is 5. The van der Waals surface area contributed by atoms with E-state index >= 15 is 0 Å². The molecule has 0 unspecified atom stereocenters. The minimum absolute atomic E-state index is 0.0235. The quantitative estimate of drug-likeness (QED) is 0.345. The number of amides is 2. The summed E-state index contributed by atoms with van der Waals surface area (Å²) in [5.74, 6) is 0.293. The first-order valence-electron chi connectivity index (χ1n) is 10.1. The van der Waals surface area contributed by atoms with Crippen LogP contribution in [0, 0.1) is 10.1 Å². The Bertz CT molecular complexity index is 957. The summed E-state index contributed by atoms with van der Waals surface area (Å²) in [7, 11) is 0. The van der Waals surface area contributed by atoms with Crippen LogP contribution < -0.4 is 5.32 Å². The summed E-state index contributed by atoms with van der Waals surface area (Å²) in [6, 6.07) is 10.8. The van der Waals surface area contributed by atoms with E-state index in [0.29, 0.717) is 28.8 Å². The summed E-state index contributed by atoms with van der Waals surface area (Å²) in [6.07, 6.45) is 0.464. The lowest BCUT2D eigenvalue weighted by Crippen LogP contribution is -2.49. The molecule has 2 aromatic rings. The van der Waals surface area contributed by atoms with Gasteiger partial charge in [0.2, 0.25) is 11.8 Å². The Kier molecular flexibility index (Phi) is 10.3. The van der Waals surface area contributed by atoms with Crippen LogP contribution in [0.5, 0.6) is 0 Å². The number of hydrogen-bond donors (Lipinski definition) is 1. The summed E-state index contributed by atoms with van der Waals surface area (Å²) in [5.41, 5.74) is 1.67. The molecule has 0 heterocycles. The van der Waals surface area contributed by atoms with Crippen LogP contribution in [0.2, 0.25) is 10.0 Å². The highest BCUT2D eigenvalue weighted by molar-refractivity contribution is 7.99. The first-order chi connectivity index (χ1) is 15.3. The maximum Gasteiger partial charge on any atom is 0.269 e. The van der Waals surface area contributed by atoms with E-state index < -0.39 is 11.0 Å². The van der Waals surface area contributed by atoms with Crippen LogP contribution in [-0.4, -0.2) is 40.0 Å². The van der Waals surface area contributed by atoms with E-state index in [2.05, 4.69) is 5.32 Å². The van der Waals surface area contributed by atoms with Crippen molar-refractivity contribution in [2.45, 2.75) is 38.6 Å². The Morgan fingerprint density at radius 2 is 1.75 bits per heavy atom. The van der Waals surface area contributed by atoms with E-state index in [9.17, 15) is 19.7 Å². The lowest BCUT2D eigenvalue weighted by Gasteiger charge is -2.30. The van der Waals surface area contributed by atoms with Gasteiger partial charge in [-0.3, -0.25) is 19.7 Å². The molecule has 10 heteroatoms. The van der Waals surface area contributed by atoms with Crippen LogP contribution in [0.1, 0.15) is 31.4 Å². The number of nitro benzene ring substituents is 1. The molecule has 0 aliphatic carbocycles. The molecule has 1 atom stereocenters. The molecule has 7 nitrogen and oxygen atoms in total. The zero-order valence-electron chi connectivity index (χ0n) is 17.8. The number of halogens is 2. The van der Waals surface area contributed by atoms with E-state index in [1.54, 1.807) is 35.2 Å². The van der Waals surface area contributed by atoms with Gasteiger partial charge in [-0.05, 0) is 36.6 Å². The molecule has 0 aromatic heterocycles. The van der Waals surface area contributed by atoms with Crippen LogP contribution in [-0.2, 0) is 21.9 Å². The van der Waals surface area contributed by atoms with Gasteiger partial charge in [-0.15, -0.1) is 11.8 Å². The lowest BCUT2D eigenvalue weighted by atomic mass is 10.1. The fourth-order valence-corrected chi connectivity index (χ4v) is 4.29. The molecule has 0 spiro atoms. The van der Waals surface area contributed by atoms with Crippen LogP contribution in [0.15, 0.2) is 42.5 Å². The maximum absolute atomic E-state index is 13.1. The Morgan fingerprint density at radius 1 is 1.09 bits per heavy atom. The third-order valence-corrected chi connectivity index (χ3v) is 6.44. The molecular weight excluding hydrogens is 473 g/mol. The number of nitrogens with zero attached hydrogens (tertiary/aromatic N) is 2. The van der Waals surface area contributed by atoms with Crippen LogP contribution in [0.25, 0.3) is 0 Å². The monoisotopic (exact) mass is 497 g/mol. The highest BCUT2D eigenvalue weighted by atomic mass is 35.5. The number of carbonyl (C=O) groups excluding carboxylic acids is 2. The summed E-state index contributed by atoms with van der Waals surface area (Å²) in [5, 5.41) is 14.4. The molecule has 2 aromatic carbocycles. The molecular formula is C22H25Cl2N3O4S. The second-order valence-electron chi connectivity index (χ2n) is 7.01. The zero-order valence-corrected chi connectivity index (χ0v) is 20.2. The Labute approximate surface area is 201 Å². The Morgan fingerprint density at radius 3 is 2.31 bits per heavy atom. The van der Waals surface area contributed by atoms with Crippen molar-refractivity contribution in [1.82, 2.24) is 10.2 Å². The maximum atomic E-state index is 13.1. The van der Waals surface area contributed by atoms with Gasteiger partial charge in [-0.2, -0.15) is 0 Å². The lowest BCUT2D eigenvalue weighted by molar-refractivity contribution is -0.384. The van der Waals surface area contributed by atoms with Crippen LogP contribution in [0.4, 0.5) is 5.69 Å². The largest absolute Gasteiger partial charge is 0.355 e. The van der Waals surface area contributed by atoms with Gasteiger partial charge in [0.15, 0.2) is 0 Å². The first kappa shape index (κ1) is 26.0. The second-order valence-corrected chi connectivity index (χ2v) is 8.81. The summed E-state index contributed by atoms with van der Waals surface area (Å²) < 4.78 is 0. The van der Waals surface area contributed by atoms with Crippen molar-refractivity contribution >= 4 is 52.5 Å². The number of nitro groups is 1. The molecule has 0 fully saturated rings. The third-order valence-electron chi connectivity index (χ3n) is 4.72. The van der Waals surface area contributed by atoms with Crippen molar-refractivity contribution < 1.29 is 14.5 Å². The van der Waals surface area contributed by atoms with Gasteiger partial charge < -0.3 is 10.2 Å². The Hall–Kier alpha value is -2.29. The number of carbonyl (C=O) groups is 2. The van der Waals surface area contributed by atoms with Gasteiger partial charge in [0, 0.05) is 31.0 Å². The van der Waals surface area contributed by atoms with Gasteiger partial charge in [0.25, 0.3) is 5.69 Å². The molecule has 1 N–H and O–H groups in total. The third kappa shape index (κ3) is 7.39.